The fourth-order valence-corrected chi connectivity index (χ4v) is 3.37. The zero-order chi connectivity index (χ0) is 21.4. The molecule has 0 radical (unpaired) electrons. The van der Waals surface area contributed by atoms with Crippen molar-refractivity contribution in [1.29, 1.82) is 0 Å². The average Bonchev–Trinajstić information content (AvgIpc) is 3.02. The van der Waals surface area contributed by atoms with Crippen molar-refractivity contribution in [3.05, 3.63) is 66.1 Å². The molecule has 0 amide bonds. The lowest BCUT2D eigenvalue weighted by Gasteiger charge is -2.11. The fourth-order valence-electron chi connectivity index (χ4n) is 2.85. The SMILES string of the molecule is CC=Cn1nc(-c2ccc(S(N)(=O)=O)cc2)c(-c2ccc(F)cc2)c1C(F)(F)F. The molecule has 1 aromatic heterocycles. The summed E-state index contributed by atoms with van der Waals surface area (Å²) in [5, 5.41) is 9.13. The Balaban J connectivity index is 2.32. The van der Waals surface area contributed by atoms with E-state index in [4.69, 9.17) is 5.14 Å². The van der Waals surface area contributed by atoms with Gasteiger partial charge in [0.1, 0.15) is 11.5 Å². The summed E-state index contributed by atoms with van der Waals surface area (Å²) in [7, 11) is -3.96. The van der Waals surface area contributed by atoms with Gasteiger partial charge in [-0.1, -0.05) is 30.3 Å². The minimum Gasteiger partial charge on any atom is -0.235 e. The summed E-state index contributed by atoms with van der Waals surface area (Å²) in [6.07, 6.45) is -2.21. The number of primary sulfonamides is 1. The average molecular weight is 425 g/mol. The molecule has 2 aromatic carbocycles. The summed E-state index contributed by atoms with van der Waals surface area (Å²) in [6, 6.07) is 9.55. The predicted octanol–water partition coefficient (Wildman–Crippen LogP) is 4.51. The molecular formula is C19H15F4N3O2S. The highest BCUT2D eigenvalue weighted by atomic mass is 32.2. The van der Waals surface area contributed by atoms with Crippen LogP contribution >= 0.6 is 0 Å². The van der Waals surface area contributed by atoms with Gasteiger partial charge in [-0.15, -0.1) is 0 Å². The van der Waals surface area contributed by atoms with Crippen molar-refractivity contribution < 1.29 is 26.0 Å². The highest BCUT2D eigenvalue weighted by Gasteiger charge is 2.40. The van der Waals surface area contributed by atoms with Crippen LogP contribution in [0.1, 0.15) is 12.6 Å². The highest BCUT2D eigenvalue weighted by molar-refractivity contribution is 7.89. The van der Waals surface area contributed by atoms with E-state index in [0.29, 0.717) is 4.68 Å². The molecule has 3 aromatic rings. The number of allylic oxidation sites excluding steroid dienone is 1. The van der Waals surface area contributed by atoms with E-state index < -0.39 is 27.7 Å². The van der Waals surface area contributed by atoms with Crippen LogP contribution in [0.5, 0.6) is 0 Å². The molecule has 10 heteroatoms. The third-order valence-electron chi connectivity index (χ3n) is 4.06. The van der Waals surface area contributed by atoms with Crippen LogP contribution in [-0.4, -0.2) is 18.2 Å². The molecule has 0 saturated heterocycles. The molecule has 0 bridgehead atoms. The van der Waals surface area contributed by atoms with E-state index in [9.17, 15) is 26.0 Å². The predicted molar refractivity (Wildman–Crippen MR) is 100 cm³/mol. The van der Waals surface area contributed by atoms with Crippen molar-refractivity contribution in [2.24, 2.45) is 5.14 Å². The van der Waals surface area contributed by atoms with E-state index in [0.717, 1.165) is 18.3 Å². The standard InChI is InChI=1S/C19H15F4N3O2S/c1-2-11-26-18(19(21,22)23)16(12-3-7-14(20)8-4-12)17(25-26)13-5-9-15(10-6-13)29(24,27)28/h2-11H,1H3,(H2,24,27,28). The van der Waals surface area contributed by atoms with E-state index >= 15 is 0 Å². The minimum atomic E-state index is -4.75. The molecule has 0 unspecified atom stereocenters. The van der Waals surface area contributed by atoms with Gasteiger partial charge in [-0.3, -0.25) is 0 Å². The monoisotopic (exact) mass is 425 g/mol. The molecule has 0 atom stereocenters. The van der Waals surface area contributed by atoms with Crippen LogP contribution < -0.4 is 5.14 Å². The first-order valence-electron chi connectivity index (χ1n) is 8.24. The maximum atomic E-state index is 13.9. The lowest BCUT2D eigenvalue weighted by atomic mass is 9.98. The lowest BCUT2D eigenvalue weighted by molar-refractivity contribution is -0.142. The third-order valence-corrected chi connectivity index (χ3v) is 4.99. The first-order chi connectivity index (χ1) is 13.5. The van der Waals surface area contributed by atoms with Crippen LogP contribution in [0.3, 0.4) is 0 Å². The second-order valence-electron chi connectivity index (χ2n) is 6.07. The van der Waals surface area contributed by atoms with Gasteiger partial charge in [-0.2, -0.15) is 18.3 Å². The van der Waals surface area contributed by atoms with E-state index in [-0.39, 0.29) is 27.3 Å². The quantitative estimate of drug-likeness (QED) is 0.625. The van der Waals surface area contributed by atoms with E-state index in [1.54, 1.807) is 6.92 Å². The van der Waals surface area contributed by atoms with Gasteiger partial charge in [0, 0.05) is 17.3 Å². The van der Waals surface area contributed by atoms with Crippen LogP contribution in [0.25, 0.3) is 28.6 Å². The van der Waals surface area contributed by atoms with Gasteiger partial charge in [-0.25, -0.2) is 22.6 Å². The second kappa shape index (κ2) is 7.45. The normalized spacial score (nSPS) is 12.6. The van der Waals surface area contributed by atoms with E-state index in [2.05, 4.69) is 5.10 Å². The largest absolute Gasteiger partial charge is 0.434 e. The van der Waals surface area contributed by atoms with Crippen LogP contribution in [0.15, 0.2) is 59.5 Å². The summed E-state index contributed by atoms with van der Waals surface area (Å²) >= 11 is 0. The van der Waals surface area contributed by atoms with Crippen molar-refractivity contribution in [3.8, 4) is 22.4 Å². The van der Waals surface area contributed by atoms with Gasteiger partial charge in [-0.05, 0) is 36.8 Å². The molecule has 29 heavy (non-hydrogen) atoms. The molecular weight excluding hydrogens is 410 g/mol. The van der Waals surface area contributed by atoms with E-state index in [1.807, 2.05) is 0 Å². The Morgan fingerprint density at radius 3 is 2.03 bits per heavy atom. The summed E-state index contributed by atoms with van der Waals surface area (Å²) in [4.78, 5) is -0.187. The third kappa shape index (κ3) is 4.22. The lowest BCUT2D eigenvalue weighted by Crippen LogP contribution is -2.12. The van der Waals surface area contributed by atoms with Crippen molar-refractivity contribution in [3.63, 3.8) is 0 Å². The Bertz CT molecular complexity index is 1160. The molecule has 5 nitrogen and oxygen atoms in total. The minimum absolute atomic E-state index is 0.0389. The summed E-state index contributed by atoms with van der Waals surface area (Å²) in [6.45, 7) is 1.54. The Kier molecular flexibility index (Phi) is 5.33. The maximum absolute atomic E-state index is 13.9. The first-order valence-corrected chi connectivity index (χ1v) is 9.78. The molecule has 0 aliphatic rings. The number of hydrogen-bond donors (Lipinski definition) is 1. The number of nitrogens with zero attached hydrogens (tertiary/aromatic N) is 2. The molecule has 0 fully saturated rings. The van der Waals surface area contributed by atoms with Crippen molar-refractivity contribution >= 4 is 16.2 Å². The Hall–Kier alpha value is -2.98. The van der Waals surface area contributed by atoms with Crippen LogP contribution in [0, 0.1) is 5.82 Å². The van der Waals surface area contributed by atoms with Gasteiger partial charge < -0.3 is 0 Å². The van der Waals surface area contributed by atoms with Crippen LogP contribution in [0.2, 0.25) is 0 Å². The van der Waals surface area contributed by atoms with E-state index in [1.165, 1.54) is 42.5 Å². The number of hydrogen-bond acceptors (Lipinski definition) is 3. The molecule has 0 aliphatic heterocycles. The summed E-state index contributed by atoms with van der Waals surface area (Å²) in [5.41, 5.74) is -0.972. The smallest absolute Gasteiger partial charge is 0.235 e. The molecule has 0 saturated carbocycles. The maximum Gasteiger partial charge on any atom is 0.434 e. The number of aromatic nitrogens is 2. The van der Waals surface area contributed by atoms with Gasteiger partial charge >= 0.3 is 6.18 Å². The Morgan fingerprint density at radius 2 is 1.55 bits per heavy atom. The zero-order valence-corrected chi connectivity index (χ0v) is 15.8. The molecule has 0 spiro atoms. The van der Waals surface area contributed by atoms with Crippen molar-refractivity contribution in [1.82, 2.24) is 9.78 Å². The fraction of sp³-hybridized carbons (Fsp3) is 0.105. The number of benzene rings is 2. The molecule has 0 aliphatic carbocycles. The molecule has 2 N–H and O–H groups in total. The Morgan fingerprint density at radius 1 is 1.00 bits per heavy atom. The van der Waals surface area contributed by atoms with Gasteiger partial charge in [0.05, 0.1) is 4.90 Å². The number of alkyl halides is 3. The summed E-state index contributed by atoms with van der Waals surface area (Å²) in [5.74, 6) is -0.595. The summed E-state index contributed by atoms with van der Waals surface area (Å²) < 4.78 is 78.5. The van der Waals surface area contributed by atoms with Crippen molar-refractivity contribution in [2.45, 2.75) is 18.0 Å². The molecule has 152 valence electrons. The molecule has 1 heterocycles. The van der Waals surface area contributed by atoms with Gasteiger partial charge in [0.15, 0.2) is 5.69 Å². The first kappa shape index (κ1) is 20.7. The second-order valence-corrected chi connectivity index (χ2v) is 7.63. The highest BCUT2D eigenvalue weighted by Crippen LogP contribution is 2.43. The van der Waals surface area contributed by atoms with Crippen LogP contribution in [-0.2, 0) is 16.2 Å². The van der Waals surface area contributed by atoms with Gasteiger partial charge in [0.2, 0.25) is 10.0 Å². The number of sulfonamides is 1. The molecule has 3 rings (SSSR count). The Labute approximate surface area is 164 Å². The number of rotatable bonds is 4. The topological polar surface area (TPSA) is 78.0 Å². The van der Waals surface area contributed by atoms with Gasteiger partial charge in [0.25, 0.3) is 0 Å². The zero-order valence-electron chi connectivity index (χ0n) is 15.0. The van der Waals surface area contributed by atoms with Crippen LogP contribution in [0.4, 0.5) is 17.6 Å². The van der Waals surface area contributed by atoms with Crippen molar-refractivity contribution in [2.75, 3.05) is 0 Å². The number of halogens is 4. The number of nitrogens with two attached hydrogens (primary N) is 1.